The third-order valence-corrected chi connectivity index (χ3v) is 8.13. The standard InChI is InChI=1S/C30H30BrN/c1-2-3-4-5-6-7-8-9-18-32-25-17-16-20-12-10-13-21-22-14-11-15-23-24(31)19-26(32)30(28(22)23)29(25)27(20)21/h10-17,19H,2-9,18H2,1H3. The Morgan fingerprint density at radius 3 is 2.09 bits per heavy atom. The van der Waals surface area contributed by atoms with Crippen LogP contribution < -0.4 is 0 Å². The van der Waals surface area contributed by atoms with Gasteiger partial charge in [0.1, 0.15) is 0 Å². The van der Waals surface area contributed by atoms with E-state index in [2.05, 4.69) is 82.0 Å². The molecule has 0 atom stereocenters. The molecule has 2 heteroatoms. The zero-order chi connectivity index (χ0) is 21.7. The number of fused-ring (bicyclic) bond motifs is 1. The van der Waals surface area contributed by atoms with Crippen LogP contribution in [0.4, 0.5) is 0 Å². The number of benzene rings is 5. The van der Waals surface area contributed by atoms with Gasteiger partial charge in [-0.2, -0.15) is 0 Å². The summed E-state index contributed by atoms with van der Waals surface area (Å²) < 4.78 is 3.81. The van der Waals surface area contributed by atoms with Gasteiger partial charge in [0.05, 0.1) is 5.52 Å². The van der Waals surface area contributed by atoms with Crippen molar-refractivity contribution in [1.82, 2.24) is 4.57 Å². The van der Waals surface area contributed by atoms with Gasteiger partial charge >= 0.3 is 0 Å². The van der Waals surface area contributed by atoms with Crippen molar-refractivity contribution in [2.45, 2.75) is 64.8 Å². The molecule has 6 rings (SSSR count). The summed E-state index contributed by atoms with van der Waals surface area (Å²) in [5.74, 6) is 0. The van der Waals surface area contributed by atoms with Crippen LogP contribution in [0.2, 0.25) is 0 Å². The molecule has 0 bridgehead atoms. The van der Waals surface area contributed by atoms with E-state index in [0.717, 1.165) is 6.54 Å². The third-order valence-electron chi connectivity index (χ3n) is 7.47. The van der Waals surface area contributed by atoms with Crippen LogP contribution in [0.3, 0.4) is 0 Å². The van der Waals surface area contributed by atoms with Crippen molar-refractivity contribution in [1.29, 1.82) is 0 Å². The summed E-state index contributed by atoms with van der Waals surface area (Å²) in [6.45, 7) is 3.39. The van der Waals surface area contributed by atoms with E-state index in [1.54, 1.807) is 0 Å². The van der Waals surface area contributed by atoms with Gasteiger partial charge in [0.15, 0.2) is 0 Å². The number of hydrogen-bond acceptors (Lipinski definition) is 0. The fourth-order valence-corrected chi connectivity index (χ4v) is 6.50. The van der Waals surface area contributed by atoms with Gasteiger partial charge in [-0.3, -0.25) is 0 Å². The molecule has 1 heterocycles. The molecular formula is C30H30BrN. The molecule has 32 heavy (non-hydrogen) atoms. The molecule has 0 amide bonds. The molecule has 0 aliphatic rings. The van der Waals surface area contributed by atoms with Gasteiger partial charge in [-0.05, 0) is 45.5 Å². The molecule has 0 unspecified atom stereocenters. The van der Waals surface area contributed by atoms with Crippen LogP contribution in [0.1, 0.15) is 58.3 Å². The van der Waals surface area contributed by atoms with Crippen molar-refractivity contribution in [3.8, 4) is 0 Å². The second-order valence-corrected chi connectivity index (χ2v) is 10.3. The lowest BCUT2D eigenvalue weighted by Gasteiger charge is -2.13. The molecule has 0 aliphatic heterocycles. The first-order valence-electron chi connectivity index (χ1n) is 12.4. The monoisotopic (exact) mass is 483 g/mol. The fraction of sp³-hybridized carbons (Fsp3) is 0.333. The molecule has 162 valence electrons. The van der Waals surface area contributed by atoms with Crippen LogP contribution >= 0.6 is 15.9 Å². The third kappa shape index (κ3) is 3.03. The van der Waals surface area contributed by atoms with E-state index >= 15 is 0 Å². The number of unbranched alkanes of at least 4 members (excludes halogenated alkanes) is 7. The predicted molar refractivity (Wildman–Crippen MR) is 145 cm³/mol. The summed E-state index contributed by atoms with van der Waals surface area (Å²) >= 11 is 3.91. The molecule has 0 N–H and O–H groups in total. The summed E-state index contributed by atoms with van der Waals surface area (Å²) in [4.78, 5) is 0. The highest BCUT2D eigenvalue weighted by Gasteiger charge is 2.22. The van der Waals surface area contributed by atoms with E-state index in [1.807, 2.05) is 0 Å². The number of rotatable bonds is 9. The lowest BCUT2D eigenvalue weighted by molar-refractivity contribution is 0.553. The maximum Gasteiger partial charge on any atom is 0.0509 e. The molecule has 1 aromatic heterocycles. The minimum absolute atomic E-state index is 1.10. The Labute approximate surface area is 198 Å². The molecule has 6 aromatic rings. The molecule has 0 saturated heterocycles. The Kier molecular flexibility index (Phi) is 5.22. The van der Waals surface area contributed by atoms with E-state index in [1.165, 1.54) is 110 Å². The average Bonchev–Trinajstić information content (AvgIpc) is 3.14. The predicted octanol–water partition coefficient (Wildman–Crippen LogP) is 10.0. The first-order valence-corrected chi connectivity index (χ1v) is 13.2. The van der Waals surface area contributed by atoms with Crippen molar-refractivity contribution in [2.24, 2.45) is 0 Å². The molecule has 0 fully saturated rings. The number of aryl methyl sites for hydroxylation is 1. The lowest BCUT2D eigenvalue weighted by atomic mass is 9.90. The van der Waals surface area contributed by atoms with Crippen molar-refractivity contribution in [2.75, 3.05) is 0 Å². The van der Waals surface area contributed by atoms with Gasteiger partial charge in [0.25, 0.3) is 0 Å². The van der Waals surface area contributed by atoms with Crippen LogP contribution in [0, 0.1) is 0 Å². The largest absolute Gasteiger partial charge is 0.340 e. The lowest BCUT2D eigenvalue weighted by Crippen LogP contribution is -1.98. The molecule has 0 aliphatic carbocycles. The van der Waals surface area contributed by atoms with Crippen LogP contribution in [-0.2, 0) is 6.54 Å². The Bertz CT molecular complexity index is 1520. The molecule has 5 aromatic carbocycles. The second kappa shape index (κ2) is 8.23. The summed E-state index contributed by atoms with van der Waals surface area (Å²) in [6, 6.07) is 20.6. The minimum atomic E-state index is 1.10. The molecule has 0 spiro atoms. The zero-order valence-corrected chi connectivity index (χ0v) is 20.5. The number of aromatic nitrogens is 1. The molecule has 1 nitrogen and oxygen atoms in total. The van der Waals surface area contributed by atoms with Crippen LogP contribution in [0.25, 0.3) is 54.1 Å². The Balaban J connectivity index is 1.46. The van der Waals surface area contributed by atoms with E-state index < -0.39 is 0 Å². The maximum absolute atomic E-state index is 3.91. The van der Waals surface area contributed by atoms with Gasteiger partial charge in [-0.15, -0.1) is 0 Å². The van der Waals surface area contributed by atoms with Crippen molar-refractivity contribution < 1.29 is 0 Å². The Hall–Kier alpha value is -2.32. The van der Waals surface area contributed by atoms with Gasteiger partial charge in [0, 0.05) is 32.7 Å². The number of hydrogen-bond donors (Lipinski definition) is 0. The van der Waals surface area contributed by atoms with E-state index in [0.29, 0.717) is 0 Å². The van der Waals surface area contributed by atoms with Crippen LogP contribution in [0.5, 0.6) is 0 Å². The normalized spacial score (nSPS) is 12.6. The van der Waals surface area contributed by atoms with Gasteiger partial charge in [-0.1, -0.05) is 110 Å². The fourth-order valence-electron chi connectivity index (χ4n) is 5.95. The highest BCUT2D eigenvalue weighted by molar-refractivity contribution is 9.10. The summed E-state index contributed by atoms with van der Waals surface area (Å²) in [5, 5.41) is 11.2. The summed E-state index contributed by atoms with van der Waals surface area (Å²) in [5.41, 5.74) is 2.79. The van der Waals surface area contributed by atoms with E-state index in [9.17, 15) is 0 Å². The van der Waals surface area contributed by atoms with E-state index in [-0.39, 0.29) is 0 Å². The van der Waals surface area contributed by atoms with Crippen LogP contribution in [0.15, 0.2) is 59.1 Å². The SMILES string of the molecule is CCCCCCCCCCn1c2ccc3cccc4c5cccc6c(Br)cc1c(c65)c2c34. The quantitative estimate of drug-likeness (QED) is 0.109. The highest BCUT2D eigenvalue weighted by Crippen LogP contribution is 2.47. The highest BCUT2D eigenvalue weighted by atomic mass is 79.9. The summed E-state index contributed by atoms with van der Waals surface area (Å²) in [6.07, 6.45) is 10.9. The van der Waals surface area contributed by atoms with Crippen molar-refractivity contribution >= 4 is 70.1 Å². The first kappa shape index (κ1) is 20.3. The molecule has 0 radical (unpaired) electrons. The number of nitrogens with zero attached hydrogens (tertiary/aromatic N) is 1. The zero-order valence-electron chi connectivity index (χ0n) is 18.9. The Morgan fingerprint density at radius 1 is 0.625 bits per heavy atom. The Morgan fingerprint density at radius 2 is 1.28 bits per heavy atom. The first-order chi connectivity index (χ1) is 15.8. The smallest absolute Gasteiger partial charge is 0.0509 e. The average molecular weight is 484 g/mol. The molecule has 0 saturated carbocycles. The summed E-state index contributed by atoms with van der Waals surface area (Å²) in [7, 11) is 0. The van der Waals surface area contributed by atoms with Crippen molar-refractivity contribution in [3.63, 3.8) is 0 Å². The van der Waals surface area contributed by atoms with E-state index in [4.69, 9.17) is 0 Å². The maximum atomic E-state index is 3.91. The van der Waals surface area contributed by atoms with Gasteiger partial charge in [0.2, 0.25) is 0 Å². The second-order valence-electron chi connectivity index (χ2n) is 9.47. The number of halogens is 1. The van der Waals surface area contributed by atoms with Crippen LogP contribution in [-0.4, -0.2) is 4.57 Å². The topological polar surface area (TPSA) is 4.93 Å². The molecular weight excluding hydrogens is 454 g/mol. The minimum Gasteiger partial charge on any atom is -0.340 e. The van der Waals surface area contributed by atoms with Gasteiger partial charge in [-0.25, -0.2) is 0 Å². The van der Waals surface area contributed by atoms with Gasteiger partial charge < -0.3 is 4.57 Å². The van der Waals surface area contributed by atoms with Crippen molar-refractivity contribution in [3.05, 3.63) is 59.1 Å².